The zero-order valence-electron chi connectivity index (χ0n) is 15.5. The lowest BCUT2D eigenvalue weighted by atomic mass is 10.0. The number of rotatable bonds is 6. The minimum absolute atomic E-state index is 0.107. The number of allylic oxidation sites excluding steroid dienone is 3. The molecular formula is C19H24BrN3O4. The van der Waals surface area contributed by atoms with Crippen LogP contribution in [0.25, 0.3) is 0 Å². The number of amides is 1. The molecule has 0 spiro atoms. The maximum atomic E-state index is 13.1. The van der Waals surface area contributed by atoms with E-state index in [2.05, 4.69) is 32.4 Å². The highest BCUT2D eigenvalue weighted by atomic mass is 79.9. The molecule has 1 fully saturated rings. The van der Waals surface area contributed by atoms with Gasteiger partial charge in [0.25, 0.3) is 5.91 Å². The smallest absolute Gasteiger partial charge is 0.277 e. The monoisotopic (exact) mass is 437 g/mol. The summed E-state index contributed by atoms with van der Waals surface area (Å²) in [6.07, 6.45) is 8.80. The summed E-state index contributed by atoms with van der Waals surface area (Å²) in [5.41, 5.74) is 2.03. The minimum atomic E-state index is -0.327. The van der Waals surface area contributed by atoms with E-state index in [0.29, 0.717) is 6.61 Å². The van der Waals surface area contributed by atoms with Gasteiger partial charge in [-0.2, -0.15) is 5.10 Å². The summed E-state index contributed by atoms with van der Waals surface area (Å²) >= 11 is 3.55. The summed E-state index contributed by atoms with van der Waals surface area (Å²) in [6.45, 7) is 3.92. The van der Waals surface area contributed by atoms with Crippen molar-refractivity contribution < 1.29 is 19.1 Å². The van der Waals surface area contributed by atoms with Crippen LogP contribution in [0.4, 0.5) is 0 Å². The highest BCUT2D eigenvalue weighted by Crippen LogP contribution is 2.29. The maximum Gasteiger partial charge on any atom is 0.277 e. The van der Waals surface area contributed by atoms with Crippen LogP contribution < -0.4 is 10.1 Å². The van der Waals surface area contributed by atoms with Crippen molar-refractivity contribution in [3.05, 3.63) is 35.3 Å². The number of aromatic nitrogens is 2. The van der Waals surface area contributed by atoms with Gasteiger partial charge in [0.1, 0.15) is 6.61 Å². The fourth-order valence-electron chi connectivity index (χ4n) is 3.13. The molecule has 8 heteroatoms. The minimum Gasteiger partial charge on any atom is -0.482 e. The Labute approximate surface area is 166 Å². The second kappa shape index (κ2) is 8.84. The predicted molar refractivity (Wildman–Crippen MR) is 104 cm³/mol. The molecule has 2 atom stereocenters. The molecule has 0 aromatic carbocycles. The summed E-state index contributed by atoms with van der Waals surface area (Å²) in [5, 5.41) is 7.27. The van der Waals surface area contributed by atoms with Crippen molar-refractivity contribution in [3.63, 3.8) is 0 Å². The number of alkyl halides is 1. The van der Waals surface area contributed by atoms with Gasteiger partial charge in [-0.3, -0.25) is 9.59 Å². The molecule has 146 valence electrons. The van der Waals surface area contributed by atoms with E-state index in [1.54, 1.807) is 4.68 Å². The number of nitrogens with one attached hydrogen (secondary N) is 1. The standard InChI is InChI=1S/C19H24BrN3O4/c1-12-9-14(20)6-7-15(12)22-19(25)18-16(27-11-13(2)24)10-21-23(18)17-5-3-4-8-26-17/h7,9-10,14,17H,3-6,8,11H2,1-2H3,(H,22,25). The van der Waals surface area contributed by atoms with Gasteiger partial charge < -0.3 is 14.8 Å². The Morgan fingerprint density at radius 2 is 2.26 bits per heavy atom. The van der Waals surface area contributed by atoms with E-state index in [-0.39, 0.29) is 40.8 Å². The first kappa shape index (κ1) is 19.8. The summed E-state index contributed by atoms with van der Waals surface area (Å²) < 4.78 is 12.9. The number of ketones is 1. The Bertz CT molecular complexity index is 778. The highest BCUT2D eigenvalue weighted by Gasteiger charge is 2.28. The van der Waals surface area contributed by atoms with Gasteiger partial charge >= 0.3 is 0 Å². The van der Waals surface area contributed by atoms with E-state index in [9.17, 15) is 9.59 Å². The van der Waals surface area contributed by atoms with Crippen molar-refractivity contribution >= 4 is 27.6 Å². The van der Waals surface area contributed by atoms with Crippen LogP contribution in [0.15, 0.2) is 29.6 Å². The first-order valence-electron chi connectivity index (χ1n) is 9.11. The molecule has 2 unspecified atom stereocenters. The molecule has 1 amide bonds. The fraction of sp³-hybridized carbons (Fsp3) is 0.526. The molecule has 1 N–H and O–H groups in total. The van der Waals surface area contributed by atoms with E-state index >= 15 is 0 Å². The van der Waals surface area contributed by atoms with Gasteiger partial charge in [0.15, 0.2) is 23.5 Å². The average Bonchev–Trinajstić information content (AvgIpc) is 3.07. The molecule has 1 aliphatic heterocycles. The lowest BCUT2D eigenvalue weighted by Gasteiger charge is -2.24. The molecule has 0 radical (unpaired) electrons. The molecule has 2 heterocycles. The Morgan fingerprint density at radius 1 is 1.44 bits per heavy atom. The number of carbonyl (C=O) groups is 2. The van der Waals surface area contributed by atoms with Crippen molar-refractivity contribution in [2.75, 3.05) is 13.2 Å². The Morgan fingerprint density at radius 3 is 2.93 bits per heavy atom. The van der Waals surface area contributed by atoms with Gasteiger partial charge in [0.2, 0.25) is 0 Å². The average molecular weight is 438 g/mol. The zero-order chi connectivity index (χ0) is 19.4. The topological polar surface area (TPSA) is 82.4 Å². The van der Waals surface area contributed by atoms with Crippen LogP contribution >= 0.6 is 15.9 Å². The largest absolute Gasteiger partial charge is 0.482 e. The lowest BCUT2D eigenvalue weighted by molar-refractivity contribution is -0.118. The van der Waals surface area contributed by atoms with Crippen molar-refractivity contribution in [2.24, 2.45) is 0 Å². The van der Waals surface area contributed by atoms with Crippen molar-refractivity contribution in [2.45, 2.75) is 50.6 Å². The maximum absolute atomic E-state index is 13.1. The molecule has 0 bridgehead atoms. The third-order valence-corrected chi connectivity index (χ3v) is 5.13. The van der Waals surface area contributed by atoms with Crippen LogP contribution in [0, 0.1) is 0 Å². The third kappa shape index (κ3) is 4.87. The van der Waals surface area contributed by atoms with Gasteiger partial charge in [-0.15, -0.1) is 0 Å². The lowest BCUT2D eigenvalue weighted by Crippen LogP contribution is -2.30. The Kier molecular flexibility index (Phi) is 6.49. The molecule has 1 aromatic rings. The normalized spacial score (nSPS) is 22.6. The SMILES string of the molecule is CC(=O)COc1cnn(C2CCCCO2)c1C(=O)NC1=CCC(Br)C=C1C. The second-order valence-electron chi connectivity index (χ2n) is 6.79. The fourth-order valence-corrected chi connectivity index (χ4v) is 3.72. The quantitative estimate of drug-likeness (QED) is 0.690. The summed E-state index contributed by atoms with van der Waals surface area (Å²) in [4.78, 5) is 24.6. The molecule has 1 saturated heterocycles. The van der Waals surface area contributed by atoms with Gasteiger partial charge in [0.05, 0.1) is 6.20 Å². The van der Waals surface area contributed by atoms with Crippen molar-refractivity contribution in [3.8, 4) is 5.75 Å². The van der Waals surface area contributed by atoms with Crippen molar-refractivity contribution in [1.82, 2.24) is 15.1 Å². The molecular weight excluding hydrogens is 414 g/mol. The van der Waals surface area contributed by atoms with E-state index in [1.807, 2.05) is 13.0 Å². The number of carbonyl (C=O) groups excluding carboxylic acids is 2. The summed E-state index contributed by atoms with van der Waals surface area (Å²) in [5.74, 6) is -0.166. The summed E-state index contributed by atoms with van der Waals surface area (Å²) in [6, 6.07) is 0. The van der Waals surface area contributed by atoms with Crippen LogP contribution in [0.5, 0.6) is 5.75 Å². The molecule has 2 aliphatic rings. The first-order valence-corrected chi connectivity index (χ1v) is 10.0. The van der Waals surface area contributed by atoms with Crippen LogP contribution in [0.3, 0.4) is 0 Å². The van der Waals surface area contributed by atoms with E-state index in [1.165, 1.54) is 13.1 Å². The number of ether oxygens (including phenoxy) is 2. The van der Waals surface area contributed by atoms with Gasteiger partial charge in [-0.25, -0.2) is 4.68 Å². The predicted octanol–water partition coefficient (Wildman–Crippen LogP) is 3.28. The molecule has 1 aromatic heterocycles. The number of hydrogen-bond acceptors (Lipinski definition) is 5. The van der Waals surface area contributed by atoms with E-state index in [4.69, 9.17) is 9.47 Å². The first-order chi connectivity index (χ1) is 13.0. The highest BCUT2D eigenvalue weighted by molar-refractivity contribution is 9.09. The number of halogens is 1. The van der Waals surface area contributed by atoms with Crippen LogP contribution in [-0.2, 0) is 9.53 Å². The van der Waals surface area contributed by atoms with E-state index < -0.39 is 0 Å². The molecule has 7 nitrogen and oxygen atoms in total. The molecule has 0 saturated carbocycles. The number of nitrogens with zero attached hydrogens (tertiary/aromatic N) is 2. The Hall–Kier alpha value is -1.93. The van der Waals surface area contributed by atoms with Crippen molar-refractivity contribution in [1.29, 1.82) is 0 Å². The zero-order valence-corrected chi connectivity index (χ0v) is 17.1. The van der Waals surface area contributed by atoms with Crippen LogP contribution in [0.1, 0.15) is 56.2 Å². The number of hydrogen-bond donors (Lipinski definition) is 1. The number of Topliss-reactive ketones (excluding diaryl/α,β-unsaturated/α-hetero) is 1. The molecule has 3 rings (SSSR count). The van der Waals surface area contributed by atoms with E-state index in [0.717, 1.165) is 37.0 Å². The third-order valence-electron chi connectivity index (χ3n) is 4.49. The van der Waals surface area contributed by atoms with Crippen LogP contribution in [-0.4, -0.2) is 39.5 Å². The second-order valence-corrected chi connectivity index (χ2v) is 7.96. The molecule has 27 heavy (non-hydrogen) atoms. The van der Waals surface area contributed by atoms with Gasteiger partial charge in [0, 0.05) is 17.1 Å². The summed E-state index contributed by atoms with van der Waals surface area (Å²) in [7, 11) is 0. The van der Waals surface area contributed by atoms with Gasteiger partial charge in [-0.1, -0.05) is 28.1 Å². The van der Waals surface area contributed by atoms with Crippen LogP contribution in [0.2, 0.25) is 0 Å². The molecule has 1 aliphatic carbocycles. The Balaban J connectivity index is 1.86. The van der Waals surface area contributed by atoms with Gasteiger partial charge in [-0.05, 0) is 45.1 Å².